The summed E-state index contributed by atoms with van der Waals surface area (Å²) in [5.74, 6) is -0.0488. The lowest BCUT2D eigenvalue weighted by atomic mass is 10.3. The number of carbonyl (C=O) groups is 1. The number of nitrogens with zero attached hydrogens (tertiary/aromatic N) is 2. The van der Waals surface area contributed by atoms with E-state index in [9.17, 15) is 4.79 Å². The monoisotopic (exact) mass is 273 g/mol. The number of fused-ring (bicyclic) bond motifs is 1. The van der Waals surface area contributed by atoms with Gasteiger partial charge in [0.2, 0.25) is 5.91 Å². The van der Waals surface area contributed by atoms with E-state index in [1.54, 1.807) is 0 Å². The zero-order chi connectivity index (χ0) is 14.4. The third-order valence-corrected chi connectivity index (χ3v) is 2.67. The van der Waals surface area contributed by atoms with Crippen LogP contribution in [0.3, 0.4) is 0 Å². The van der Waals surface area contributed by atoms with Crippen molar-refractivity contribution in [3.05, 3.63) is 48.4 Å². The quantitative estimate of drug-likeness (QED) is 0.615. The van der Waals surface area contributed by atoms with Gasteiger partial charge in [-0.3, -0.25) is 4.79 Å². The molecule has 0 aliphatic rings. The second-order valence-corrected chi connectivity index (χ2v) is 4.73. The molecule has 0 aliphatic carbocycles. The van der Waals surface area contributed by atoms with E-state index in [0.717, 1.165) is 16.9 Å². The number of ether oxygens (including phenoxy) is 1. The molecule has 0 aromatic carbocycles. The van der Waals surface area contributed by atoms with Crippen molar-refractivity contribution in [2.24, 2.45) is 0 Å². The highest BCUT2D eigenvalue weighted by Gasteiger charge is 2.06. The fourth-order valence-corrected chi connectivity index (χ4v) is 1.81. The summed E-state index contributed by atoms with van der Waals surface area (Å²) in [6, 6.07) is 5.76. The molecule has 1 N–H and O–H groups in total. The van der Waals surface area contributed by atoms with Crippen LogP contribution in [0.4, 0.5) is 0 Å². The van der Waals surface area contributed by atoms with E-state index < -0.39 is 0 Å². The predicted octanol–water partition coefficient (Wildman–Crippen LogP) is 1.59. The summed E-state index contributed by atoms with van der Waals surface area (Å²) in [7, 11) is 0. The van der Waals surface area contributed by atoms with E-state index in [-0.39, 0.29) is 12.3 Å². The van der Waals surface area contributed by atoms with Crippen LogP contribution < -0.4 is 5.32 Å². The van der Waals surface area contributed by atoms with Crippen LogP contribution in [0.5, 0.6) is 0 Å². The molecule has 5 heteroatoms. The number of amides is 1. The average Bonchev–Trinajstić information content (AvgIpc) is 2.79. The average molecular weight is 273 g/mol. The summed E-state index contributed by atoms with van der Waals surface area (Å²) in [5.41, 5.74) is 2.58. The molecule has 0 saturated carbocycles. The number of rotatable bonds is 7. The summed E-state index contributed by atoms with van der Waals surface area (Å²) in [4.78, 5) is 16.1. The van der Waals surface area contributed by atoms with Crippen LogP contribution in [0.15, 0.2) is 42.7 Å². The zero-order valence-electron chi connectivity index (χ0n) is 11.6. The Bertz CT molecular complexity index is 571. The lowest BCUT2D eigenvalue weighted by Gasteiger charge is -2.05. The van der Waals surface area contributed by atoms with Crippen LogP contribution in [-0.2, 0) is 16.0 Å². The molecule has 0 bridgehead atoms. The maximum absolute atomic E-state index is 11.8. The number of pyridine rings is 1. The first-order valence-electron chi connectivity index (χ1n) is 6.56. The molecule has 2 aromatic rings. The number of aromatic nitrogens is 2. The molecule has 0 atom stereocenters. The van der Waals surface area contributed by atoms with Crippen LogP contribution in [0.1, 0.15) is 12.6 Å². The van der Waals surface area contributed by atoms with E-state index in [2.05, 4.69) is 16.9 Å². The van der Waals surface area contributed by atoms with Gasteiger partial charge in [0.25, 0.3) is 0 Å². The summed E-state index contributed by atoms with van der Waals surface area (Å²) in [5, 5.41) is 2.81. The molecule has 0 fully saturated rings. The summed E-state index contributed by atoms with van der Waals surface area (Å²) < 4.78 is 7.21. The van der Waals surface area contributed by atoms with Gasteiger partial charge in [-0.2, -0.15) is 0 Å². The number of hydrogen-bond donors (Lipinski definition) is 1. The Labute approximate surface area is 118 Å². The number of hydrogen-bond acceptors (Lipinski definition) is 3. The van der Waals surface area contributed by atoms with Gasteiger partial charge >= 0.3 is 0 Å². The SMILES string of the molecule is C=C(C)COCCNC(=O)Cc1cn2ccccc2n1. The summed E-state index contributed by atoms with van der Waals surface area (Å²) in [6.07, 6.45) is 4.06. The smallest absolute Gasteiger partial charge is 0.226 e. The van der Waals surface area contributed by atoms with Crippen LogP contribution in [-0.4, -0.2) is 35.1 Å². The van der Waals surface area contributed by atoms with Crippen molar-refractivity contribution in [2.75, 3.05) is 19.8 Å². The highest BCUT2D eigenvalue weighted by Crippen LogP contribution is 2.04. The predicted molar refractivity (Wildman–Crippen MR) is 77.5 cm³/mol. The lowest BCUT2D eigenvalue weighted by Crippen LogP contribution is -2.28. The van der Waals surface area contributed by atoms with Gasteiger partial charge in [0.15, 0.2) is 0 Å². The van der Waals surface area contributed by atoms with E-state index in [1.807, 2.05) is 41.9 Å². The normalized spacial score (nSPS) is 10.7. The second-order valence-electron chi connectivity index (χ2n) is 4.73. The molecule has 0 unspecified atom stereocenters. The standard InChI is InChI=1S/C15H19N3O2/c1-12(2)11-20-8-6-16-15(19)9-13-10-18-7-4-3-5-14(18)17-13/h3-5,7,10H,1,6,8-9,11H2,2H3,(H,16,19). The van der Waals surface area contributed by atoms with Gasteiger partial charge in [-0.25, -0.2) is 4.98 Å². The van der Waals surface area contributed by atoms with Crippen molar-refractivity contribution in [3.8, 4) is 0 Å². The van der Waals surface area contributed by atoms with Gasteiger partial charge < -0.3 is 14.5 Å². The third-order valence-electron chi connectivity index (χ3n) is 2.67. The number of nitrogens with one attached hydrogen (secondary N) is 1. The third kappa shape index (κ3) is 4.20. The fourth-order valence-electron chi connectivity index (χ4n) is 1.81. The topological polar surface area (TPSA) is 55.6 Å². The Hall–Kier alpha value is -2.14. The maximum atomic E-state index is 11.8. The highest BCUT2D eigenvalue weighted by atomic mass is 16.5. The zero-order valence-corrected chi connectivity index (χ0v) is 11.6. The van der Waals surface area contributed by atoms with E-state index in [4.69, 9.17) is 4.74 Å². The van der Waals surface area contributed by atoms with Crippen LogP contribution in [0, 0.1) is 0 Å². The molecule has 2 aromatic heterocycles. The van der Waals surface area contributed by atoms with Gasteiger partial charge in [0, 0.05) is 18.9 Å². The molecule has 0 spiro atoms. The highest BCUT2D eigenvalue weighted by molar-refractivity contribution is 5.78. The molecule has 20 heavy (non-hydrogen) atoms. The Kier molecular flexibility index (Phi) is 4.90. The fraction of sp³-hybridized carbons (Fsp3) is 0.333. The number of carbonyl (C=O) groups excluding carboxylic acids is 1. The Morgan fingerprint density at radius 2 is 2.35 bits per heavy atom. The largest absolute Gasteiger partial charge is 0.375 e. The Balaban J connectivity index is 1.75. The molecule has 2 rings (SSSR count). The minimum Gasteiger partial charge on any atom is -0.375 e. The number of imidazole rings is 1. The van der Waals surface area contributed by atoms with Crippen LogP contribution >= 0.6 is 0 Å². The molecule has 2 heterocycles. The van der Waals surface area contributed by atoms with Crippen molar-refractivity contribution in [3.63, 3.8) is 0 Å². The molecule has 0 aliphatic heterocycles. The minimum atomic E-state index is -0.0488. The maximum Gasteiger partial charge on any atom is 0.226 e. The van der Waals surface area contributed by atoms with E-state index >= 15 is 0 Å². The van der Waals surface area contributed by atoms with Gasteiger partial charge in [-0.15, -0.1) is 0 Å². The Morgan fingerprint density at radius 1 is 1.50 bits per heavy atom. The van der Waals surface area contributed by atoms with Gasteiger partial charge in [0.1, 0.15) is 5.65 Å². The van der Waals surface area contributed by atoms with Crippen molar-refractivity contribution in [2.45, 2.75) is 13.3 Å². The van der Waals surface area contributed by atoms with Gasteiger partial charge in [0.05, 0.1) is 25.3 Å². The first kappa shape index (κ1) is 14.3. The van der Waals surface area contributed by atoms with E-state index in [0.29, 0.717) is 19.8 Å². The van der Waals surface area contributed by atoms with Gasteiger partial charge in [-0.1, -0.05) is 18.2 Å². The van der Waals surface area contributed by atoms with Crippen molar-refractivity contribution in [1.82, 2.24) is 14.7 Å². The molecule has 1 amide bonds. The molecule has 0 radical (unpaired) electrons. The van der Waals surface area contributed by atoms with E-state index in [1.165, 1.54) is 0 Å². The van der Waals surface area contributed by atoms with Crippen molar-refractivity contribution in [1.29, 1.82) is 0 Å². The summed E-state index contributed by atoms with van der Waals surface area (Å²) in [6.45, 7) is 7.17. The van der Waals surface area contributed by atoms with Crippen molar-refractivity contribution < 1.29 is 9.53 Å². The first-order valence-corrected chi connectivity index (χ1v) is 6.56. The van der Waals surface area contributed by atoms with Crippen molar-refractivity contribution >= 4 is 11.6 Å². The van der Waals surface area contributed by atoms with Crippen LogP contribution in [0.25, 0.3) is 5.65 Å². The molecule has 106 valence electrons. The summed E-state index contributed by atoms with van der Waals surface area (Å²) >= 11 is 0. The lowest BCUT2D eigenvalue weighted by molar-refractivity contribution is -0.120. The second kappa shape index (κ2) is 6.86. The molecular weight excluding hydrogens is 254 g/mol. The molecular formula is C15H19N3O2. The molecule has 5 nitrogen and oxygen atoms in total. The Morgan fingerprint density at radius 3 is 3.10 bits per heavy atom. The first-order chi connectivity index (χ1) is 9.65. The minimum absolute atomic E-state index is 0.0488. The van der Waals surface area contributed by atoms with Gasteiger partial charge in [-0.05, 0) is 19.1 Å². The molecule has 0 saturated heterocycles. The van der Waals surface area contributed by atoms with Crippen LogP contribution in [0.2, 0.25) is 0 Å².